The van der Waals surface area contributed by atoms with Gasteiger partial charge in [0.05, 0.1) is 6.04 Å². The van der Waals surface area contributed by atoms with Crippen molar-refractivity contribution >= 4 is 5.91 Å². The van der Waals surface area contributed by atoms with Gasteiger partial charge in [-0.3, -0.25) is 4.79 Å². The maximum atomic E-state index is 11.8. The Labute approximate surface area is 104 Å². The van der Waals surface area contributed by atoms with Gasteiger partial charge in [-0.15, -0.1) is 0 Å². The number of hydrogen-bond acceptors (Lipinski definition) is 2. The highest BCUT2D eigenvalue weighted by Gasteiger charge is 2.20. The minimum atomic E-state index is -0.426. The summed E-state index contributed by atoms with van der Waals surface area (Å²) >= 11 is 0. The molecule has 0 spiro atoms. The first kappa shape index (κ1) is 13.7. The molecule has 0 aromatic heterocycles. The molecule has 0 bridgehead atoms. The lowest BCUT2D eigenvalue weighted by Crippen LogP contribution is -2.45. The van der Waals surface area contributed by atoms with E-state index in [0.717, 1.165) is 12.8 Å². The van der Waals surface area contributed by atoms with E-state index in [2.05, 4.69) is 19.1 Å². The molecule has 1 unspecified atom stereocenters. The number of benzene rings is 1. The third-order valence-corrected chi connectivity index (χ3v) is 3.07. The van der Waals surface area contributed by atoms with Crippen molar-refractivity contribution in [2.75, 3.05) is 7.05 Å². The van der Waals surface area contributed by atoms with Crippen LogP contribution in [0.4, 0.5) is 0 Å². The normalized spacial score (nSPS) is 14.1. The molecule has 0 aliphatic carbocycles. The van der Waals surface area contributed by atoms with E-state index in [9.17, 15) is 4.79 Å². The Morgan fingerprint density at radius 1 is 1.35 bits per heavy atom. The molecule has 17 heavy (non-hydrogen) atoms. The smallest absolute Gasteiger partial charge is 0.239 e. The Morgan fingerprint density at radius 2 is 1.94 bits per heavy atom. The van der Waals surface area contributed by atoms with Gasteiger partial charge in [0.1, 0.15) is 0 Å². The van der Waals surface area contributed by atoms with Gasteiger partial charge < -0.3 is 10.6 Å². The van der Waals surface area contributed by atoms with Gasteiger partial charge in [0.15, 0.2) is 0 Å². The highest BCUT2D eigenvalue weighted by Crippen LogP contribution is 2.11. The van der Waals surface area contributed by atoms with E-state index in [1.165, 1.54) is 5.56 Å². The highest BCUT2D eigenvalue weighted by atomic mass is 16.2. The molecule has 2 atom stereocenters. The van der Waals surface area contributed by atoms with Crippen molar-refractivity contribution in [2.24, 2.45) is 5.73 Å². The van der Waals surface area contributed by atoms with Crippen molar-refractivity contribution in [3.63, 3.8) is 0 Å². The molecule has 1 aromatic carbocycles. The Balaban J connectivity index is 2.69. The van der Waals surface area contributed by atoms with E-state index < -0.39 is 6.04 Å². The van der Waals surface area contributed by atoms with Crippen LogP contribution in [0.1, 0.15) is 25.8 Å². The van der Waals surface area contributed by atoms with E-state index in [4.69, 9.17) is 5.73 Å². The average molecular weight is 234 g/mol. The average Bonchev–Trinajstić information content (AvgIpc) is 2.35. The van der Waals surface area contributed by atoms with E-state index in [1.54, 1.807) is 11.8 Å². The molecule has 2 N–H and O–H groups in total. The van der Waals surface area contributed by atoms with Crippen molar-refractivity contribution in [1.82, 2.24) is 4.90 Å². The van der Waals surface area contributed by atoms with Gasteiger partial charge in [-0.25, -0.2) is 0 Å². The molecule has 0 saturated heterocycles. The fourth-order valence-electron chi connectivity index (χ4n) is 1.94. The zero-order valence-corrected chi connectivity index (χ0v) is 10.9. The third-order valence-electron chi connectivity index (χ3n) is 3.07. The Bertz CT molecular complexity index is 348. The second-order valence-electron chi connectivity index (χ2n) is 4.49. The summed E-state index contributed by atoms with van der Waals surface area (Å²) in [4.78, 5) is 13.6. The fourth-order valence-corrected chi connectivity index (χ4v) is 1.94. The molecule has 0 saturated carbocycles. The fraction of sp³-hybridized carbons (Fsp3) is 0.500. The van der Waals surface area contributed by atoms with Crippen LogP contribution in [-0.4, -0.2) is 29.9 Å². The van der Waals surface area contributed by atoms with Gasteiger partial charge in [0.2, 0.25) is 5.91 Å². The van der Waals surface area contributed by atoms with E-state index in [1.807, 2.05) is 25.2 Å². The van der Waals surface area contributed by atoms with Crippen molar-refractivity contribution in [3.8, 4) is 0 Å². The van der Waals surface area contributed by atoms with Gasteiger partial charge in [-0.05, 0) is 25.3 Å². The van der Waals surface area contributed by atoms with Crippen molar-refractivity contribution in [2.45, 2.75) is 38.8 Å². The van der Waals surface area contributed by atoms with Gasteiger partial charge in [0, 0.05) is 13.1 Å². The first-order valence-corrected chi connectivity index (χ1v) is 6.12. The molecule has 0 fully saturated rings. The highest BCUT2D eigenvalue weighted by molar-refractivity contribution is 5.81. The lowest BCUT2D eigenvalue weighted by molar-refractivity contribution is -0.133. The molecule has 1 aromatic rings. The standard InChI is InChI=1S/C14H22N2O/c1-4-13(16(3)14(17)11(2)15)10-12-8-6-5-7-9-12/h5-9,11,13H,4,10,15H2,1-3H3/t11-,13?/m0/s1. The quantitative estimate of drug-likeness (QED) is 0.844. The lowest BCUT2D eigenvalue weighted by Gasteiger charge is -2.28. The van der Waals surface area contributed by atoms with E-state index in [0.29, 0.717) is 0 Å². The summed E-state index contributed by atoms with van der Waals surface area (Å²) in [5, 5.41) is 0. The second-order valence-corrected chi connectivity index (χ2v) is 4.49. The predicted molar refractivity (Wildman–Crippen MR) is 70.6 cm³/mol. The van der Waals surface area contributed by atoms with Crippen LogP contribution in [0.2, 0.25) is 0 Å². The van der Waals surface area contributed by atoms with E-state index >= 15 is 0 Å². The number of amides is 1. The van der Waals surface area contributed by atoms with Crippen LogP contribution in [0.3, 0.4) is 0 Å². The van der Waals surface area contributed by atoms with Crippen LogP contribution >= 0.6 is 0 Å². The topological polar surface area (TPSA) is 46.3 Å². The third kappa shape index (κ3) is 3.86. The number of carbonyl (C=O) groups is 1. The minimum absolute atomic E-state index is 0.00720. The Hall–Kier alpha value is -1.35. The molecule has 3 heteroatoms. The molecular weight excluding hydrogens is 212 g/mol. The zero-order chi connectivity index (χ0) is 12.8. The molecular formula is C14H22N2O. The van der Waals surface area contributed by atoms with Crippen LogP contribution in [0.25, 0.3) is 0 Å². The summed E-state index contributed by atoms with van der Waals surface area (Å²) in [6, 6.07) is 10.0. The van der Waals surface area contributed by atoms with Gasteiger partial charge in [-0.1, -0.05) is 37.3 Å². The summed E-state index contributed by atoms with van der Waals surface area (Å²) in [6.45, 7) is 3.83. The van der Waals surface area contributed by atoms with Crippen LogP contribution in [0.5, 0.6) is 0 Å². The number of nitrogens with zero attached hydrogens (tertiary/aromatic N) is 1. The molecule has 0 aliphatic rings. The molecule has 0 heterocycles. The van der Waals surface area contributed by atoms with Crippen LogP contribution in [0.15, 0.2) is 30.3 Å². The summed E-state index contributed by atoms with van der Waals surface area (Å²) in [6.07, 6.45) is 1.82. The lowest BCUT2D eigenvalue weighted by atomic mass is 10.0. The zero-order valence-electron chi connectivity index (χ0n) is 10.9. The summed E-state index contributed by atoms with van der Waals surface area (Å²) in [5.74, 6) is 0.00720. The summed E-state index contributed by atoms with van der Waals surface area (Å²) < 4.78 is 0. The number of hydrogen-bond donors (Lipinski definition) is 1. The second kappa shape index (κ2) is 6.40. The monoisotopic (exact) mass is 234 g/mol. The van der Waals surface area contributed by atoms with Gasteiger partial charge in [-0.2, -0.15) is 0 Å². The minimum Gasteiger partial charge on any atom is -0.341 e. The first-order chi connectivity index (χ1) is 8.06. The predicted octanol–water partition coefficient (Wildman–Crippen LogP) is 1.81. The van der Waals surface area contributed by atoms with Crippen molar-refractivity contribution < 1.29 is 4.79 Å². The molecule has 0 aliphatic heterocycles. The van der Waals surface area contributed by atoms with Crippen molar-refractivity contribution in [1.29, 1.82) is 0 Å². The Morgan fingerprint density at radius 3 is 2.41 bits per heavy atom. The van der Waals surface area contributed by atoms with Crippen LogP contribution < -0.4 is 5.73 Å². The van der Waals surface area contributed by atoms with E-state index in [-0.39, 0.29) is 11.9 Å². The first-order valence-electron chi connectivity index (χ1n) is 6.12. The molecule has 3 nitrogen and oxygen atoms in total. The van der Waals surface area contributed by atoms with Crippen LogP contribution in [-0.2, 0) is 11.2 Å². The van der Waals surface area contributed by atoms with Crippen molar-refractivity contribution in [3.05, 3.63) is 35.9 Å². The summed E-state index contributed by atoms with van der Waals surface area (Å²) in [5.41, 5.74) is 6.88. The number of likely N-dealkylation sites (N-methyl/N-ethyl adjacent to an activating group) is 1. The summed E-state index contributed by atoms with van der Waals surface area (Å²) in [7, 11) is 1.84. The number of rotatable bonds is 5. The Kier molecular flexibility index (Phi) is 5.16. The van der Waals surface area contributed by atoms with Gasteiger partial charge >= 0.3 is 0 Å². The van der Waals surface area contributed by atoms with Crippen LogP contribution in [0, 0.1) is 0 Å². The SMILES string of the molecule is CCC(Cc1ccccc1)N(C)C(=O)[C@H](C)N. The number of nitrogens with two attached hydrogens (primary N) is 1. The molecule has 94 valence electrons. The maximum Gasteiger partial charge on any atom is 0.239 e. The maximum absolute atomic E-state index is 11.8. The van der Waals surface area contributed by atoms with Gasteiger partial charge in [0.25, 0.3) is 0 Å². The molecule has 0 radical (unpaired) electrons. The molecule has 1 amide bonds. The number of carbonyl (C=O) groups excluding carboxylic acids is 1. The molecule has 1 rings (SSSR count). The largest absolute Gasteiger partial charge is 0.341 e.